The molecule has 0 aliphatic carbocycles. The fourth-order valence-corrected chi connectivity index (χ4v) is 7.84. The van der Waals surface area contributed by atoms with E-state index in [1.165, 1.54) is 51.1 Å². The van der Waals surface area contributed by atoms with Crippen LogP contribution in [0.2, 0.25) is 0 Å². The molecule has 0 aliphatic rings. The van der Waals surface area contributed by atoms with Crippen molar-refractivity contribution in [1.82, 2.24) is 15.0 Å². The second kappa shape index (κ2) is 17.8. The third kappa shape index (κ3) is 9.00. The maximum atomic E-state index is 14.0. The van der Waals surface area contributed by atoms with E-state index in [0.29, 0.717) is 11.2 Å². The van der Waals surface area contributed by atoms with Crippen molar-refractivity contribution in [2.24, 2.45) is 0 Å². The topological polar surface area (TPSA) is 51.8 Å². The van der Waals surface area contributed by atoms with Crippen molar-refractivity contribution in [3.8, 4) is 33.8 Å². The van der Waals surface area contributed by atoms with Crippen molar-refractivity contribution in [2.75, 3.05) is 0 Å². The molecule has 290 valence electrons. The molecule has 0 fully saturated rings. The molecule has 9 rings (SSSR count). The molecule has 0 radical (unpaired) electrons. The Hall–Kier alpha value is -6.07. The number of aryl methyl sites for hydroxylation is 8. The molecule has 4 heterocycles. The summed E-state index contributed by atoms with van der Waals surface area (Å²) in [6, 6.07) is 50.0. The number of benzene rings is 5. The van der Waals surface area contributed by atoms with Crippen LogP contribution in [0.1, 0.15) is 44.5 Å². The van der Waals surface area contributed by atoms with Crippen LogP contribution in [0.4, 0.5) is 4.39 Å². The van der Waals surface area contributed by atoms with Crippen molar-refractivity contribution < 1.29 is 28.9 Å². The summed E-state index contributed by atoms with van der Waals surface area (Å²) in [6.07, 6.45) is 11.4. The van der Waals surface area contributed by atoms with Crippen molar-refractivity contribution in [3.63, 3.8) is 0 Å². The number of hydrogen-bond donors (Lipinski definition) is 0. The Bertz CT molecular complexity index is 2760. The molecule has 0 amide bonds. The predicted octanol–water partition coefficient (Wildman–Crippen LogP) is 12.3. The molecule has 59 heavy (non-hydrogen) atoms. The summed E-state index contributed by atoms with van der Waals surface area (Å²) in [5.41, 5.74) is 16.8. The smallest absolute Gasteiger partial charge is 0.500 e. The van der Waals surface area contributed by atoms with Gasteiger partial charge in [-0.15, -0.1) is 90.0 Å². The van der Waals surface area contributed by atoms with E-state index in [9.17, 15) is 4.39 Å². The second-order valence-corrected chi connectivity index (χ2v) is 15.1. The van der Waals surface area contributed by atoms with Crippen LogP contribution in [0.3, 0.4) is 0 Å². The molecule has 5 aromatic carbocycles. The largest absolute Gasteiger partial charge is 3.00 e. The van der Waals surface area contributed by atoms with Gasteiger partial charge in [0.1, 0.15) is 11.4 Å². The first-order valence-corrected chi connectivity index (χ1v) is 19.9. The van der Waals surface area contributed by atoms with E-state index < -0.39 is 0 Å². The van der Waals surface area contributed by atoms with Crippen molar-refractivity contribution in [1.29, 1.82) is 0 Å². The molecule has 6 heteroatoms. The first kappa shape index (κ1) is 39.7. The molecule has 4 aromatic heterocycles. The Labute approximate surface area is 358 Å². The molecule has 0 saturated carbocycles. The number of hydrogen-bond acceptors (Lipinski definition) is 4. The first-order chi connectivity index (χ1) is 28.4. The van der Waals surface area contributed by atoms with Crippen molar-refractivity contribution in [2.45, 2.75) is 52.4 Å². The summed E-state index contributed by atoms with van der Waals surface area (Å²) in [5, 5.41) is 1.80. The van der Waals surface area contributed by atoms with E-state index in [0.717, 1.165) is 88.6 Å². The molecule has 0 atom stereocenters. The fraction of sp³-hybridized carbons (Fsp3) is 0.151. The Morgan fingerprint density at radius 3 is 1.63 bits per heavy atom. The van der Waals surface area contributed by atoms with Crippen molar-refractivity contribution >= 4 is 21.9 Å². The molecule has 0 spiro atoms. The quantitative estimate of drug-likeness (QED) is 0.115. The van der Waals surface area contributed by atoms with E-state index in [1.807, 2.05) is 73.2 Å². The van der Waals surface area contributed by atoms with Crippen LogP contribution in [0.25, 0.3) is 55.7 Å². The monoisotopic (exact) mass is 947 g/mol. The van der Waals surface area contributed by atoms with E-state index in [2.05, 4.69) is 80.6 Å². The molecule has 0 bridgehead atoms. The maximum absolute atomic E-state index is 14.0. The van der Waals surface area contributed by atoms with E-state index in [1.54, 1.807) is 6.07 Å². The zero-order valence-electron chi connectivity index (χ0n) is 33.0. The Balaban J connectivity index is 0.00000484. The number of nitrogens with zero attached hydrogens (tertiary/aromatic N) is 3. The van der Waals surface area contributed by atoms with Crippen molar-refractivity contribution in [3.05, 3.63) is 208 Å². The summed E-state index contributed by atoms with van der Waals surface area (Å²) in [7, 11) is 0. The van der Waals surface area contributed by atoms with Gasteiger partial charge in [0.15, 0.2) is 0 Å². The summed E-state index contributed by atoms with van der Waals surface area (Å²) >= 11 is 0. The zero-order valence-corrected chi connectivity index (χ0v) is 35.4. The molecule has 0 aliphatic heterocycles. The van der Waals surface area contributed by atoms with Gasteiger partial charge in [0.2, 0.25) is 0 Å². The number of halogens is 1. The third-order valence-corrected chi connectivity index (χ3v) is 11.1. The summed E-state index contributed by atoms with van der Waals surface area (Å²) in [4.78, 5) is 14.5. The molecular weight excluding hydrogens is 906 g/mol. The molecule has 4 nitrogen and oxygen atoms in total. The standard InChI is InChI=1S/C53H41FN3O.Ir/c1-35-26-50(41-10-5-3-6-11-41)56-33-43(35)21-18-39-28-38(29-40(30-39)19-22-44-34-57-51(27-36(44)2)42-12-7-4-8-13-42)17-16-37-20-25-49(55-32-37)48-15-9-14-47-46-24-23-45(54)31-52(46)58-53(47)48;/h3-10,12,14,20,23-34H,16-19,21-22H2,1-2H3;/q-3;+3. The molecular formula is C53H41FIrN3O. The van der Waals surface area contributed by atoms with Gasteiger partial charge in [0, 0.05) is 30.0 Å². The van der Waals surface area contributed by atoms with Gasteiger partial charge in [-0.25, -0.2) is 4.39 Å². The van der Waals surface area contributed by atoms with Crippen LogP contribution in [-0.2, 0) is 58.6 Å². The minimum Gasteiger partial charge on any atom is -0.500 e. The molecule has 0 unspecified atom stereocenters. The average molecular weight is 947 g/mol. The van der Waals surface area contributed by atoms with Crippen LogP contribution in [0.15, 0.2) is 144 Å². The van der Waals surface area contributed by atoms with E-state index in [4.69, 9.17) is 19.4 Å². The number of pyridine rings is 3. The number of aromatic nitrogens is 3. The van der Waals surface area contributed by atoms with Gasteiger partial charge in [0.05, 0.1) is 5.58 Å². The zero-order chi connectivity index (χ0) is 39.4. The Morgan fingerprint density at radius 2 is 1.08 bits per heavy atom. The number of fused-ring (bicyclic) bond motifs is 3. The van der Waals surface area contributed by atoms with Crippen LogP contribution in [-0.4, -0.2) is 15.0 Å². The predicted molar refractivity (Wildman–Crippen MR) is 231 cm³/mol. The van der Waals surface area contributed by atoms with Crippen LogP contribution >= 0.6 is 0 Å². The summed E-state index contributed by atoms with van der Waals surface area (Å²) in [5.74, 6) is -0.322. The van der Waals surface area contributed by atoms with Crippen LogP contribution in [0, 0.1) is 37.9 Å². The Kier molecular flexibility index (Phi) is 12.0. The first-order valence-electron chi connectivity index (χ1n) is 19.9. The number of furan rings is 1. The molecule has 0 saturated heterocycles. The Morgan fingerprint density at radius 1 is 0.508 bits per heavy atom. The van der Waals surface area contributed by atoms with Gasteiger partial charge >= 0.3 is 20.1 Å². The van der Waals surface area contributed by atoms with Crippen LogP contribution in [0.5, 0.6) is 0 Å². The van der Waals surface area contributed by atoms with Gasteiger partial charge in [-0.05, 0) is 115 Å². The molecule has 9 aromatic rings. The summed E-state index contributed by atoms with van der Waals surface area (Å²) < 4.78 is 20.1. The fourth-order valence-electron chi connectivity index (χ4n) is 7.84. The third-order valence-electron chi connectivity index (χ3n) is 11.1. The van der Waals surface area contributed by atoms with Gasteiger partial charge < -0.3 is 19.4 Å². The van der Waals surface area contributed by atoms with E-state index in [-0.39, 0.29) is 25.9 Å². The molecule has 0 N–H and O–H groups in total. The van der Waals surface area contributed by atoms with Gasteiger partial charge in [-0.3, -0.25) is 0 Å². The minimum absolute atomic E-state index is 0. The normalized spacial score (nSPS) is 11.2. The van der Waals surface area contributed by atoms with Gasteiger partial charge in [0.25, 0.3) is 0 Å². The number of rotatable bonds is 12. The SMILES string of the molecule is Cc1cc(-c2[c-]cccc2)ncc1CCc1cc(CCc2ccc(-c3[c-]ccc4c3oc3cc(F)ccc34)nc2)cc(CCc2cnc(-c3[c-]cccc3)cc2C)c1.[Ir+3]. The summed E-state index contributed by atoms with van der Waals surface area (Å²) in [6.45, 7) is 4.36. The average Bonchev–Trinajstić information content (AvgIpc) is 3.63. The van der Waals surface area contributed by atoms with Gasteiger partial charge in [-0.1, -0.05) is 64.5 Å². The maximum Gasteiger partial charge on any atom is 3.00 e. The minimum atomic E-state index is -0.322. The van der Waals surface area contributed by atoms with E-state index >= 15 is 0 Å². The van der Waals surface area contributed by atoms with Crippen LogP contribution < -0.4 is 0 Å². The van der Waals surface area contributed by atoms with Gasteiger partial charge in [-0.2, -0.15) is 0 Å². The second-order valence-electron chi connectivity index (χ2n) is 15.1.